The molecule has 1 aromatic heterocycles. The number of nitrogens with one attached hydrogen (secondary N) is 1. The average molecular weight is 247 g/mol. The number of hydrogen-bond acceptors (Lipinski definition) is 4. The molecule has 0 bridgehead atoms. The van der Waals surface area contributed by atoms with Crippen LogP contribution in [0.5, 0.6) is 5.75 Å². The third-order valence-corrected chi connectivity index (χ3v) is 2.31. The van der Waals surface area contributed by atoms with Crippen LogP contribution in [0, 0.1) is 5.82 Å². The second-order valence-electron chi connectivity index (χ2n) is 3.58. The predicted molar refractivity (Wildman–Crippen MR) is 64.7 cm³/mol. The van der Waals surface area contributed by atoms with E-state index in [1.54, 1.807) is 0 Å². The number of anilines is 2. The van der Waals surface area contributed by atoms with E-state index in [0.29, 0.717) is 0 Å². The fourth-order valence-corrected chi connectivity index (χ4v) is 1.36. The van der Waals surface area contributed by atoms with Crippen molar-refractivity contribution < 1.29 is 14.3 Å². The van der Waals surface area contributed by atoms with Crippen LogP contribution in [0.25, 0.3) is 0 Å². The number of nitrogens with zero attached hydrogens (tertiary/aromatic N) is 1. The number of aromatic hydroxyl groups is 1. The number of carbonyl (C=O) groups excluding carboxylic acids is 1. The molecular formula is C12H10FN3O2. The van der Waals surface area contributed by atoms with Crippen LogP contribution < -0.4 is 11.1 Å². The molecule has 6 heteroatoms. The van der Waals surface area contributed by atoms with E-state index < -0.39 is 11.7 Å². The summed E-state index contributed by atoms with van der Waals surface area (Å²) in [7, 11) is 0. The molecule has 0 aliphatic heterocycles. The number of halogens is 1. The predicted octanol–water partition coefficient (Wildman–Crippen LogP) is 1.76. The Morgan fingerprint density at radius 2 is 2.17 bits per heavy atom. The average Bonchev–Trinajstić information content (AvgIpc) is 2.35. The zero-order chi connectivity index (χ0) is 13.1. The number of phenolic OH excluding ortho intramolecular Hbond substituents is 1. The molecule has 0 unspecified atom stereocenters. The highest BCUT2D eigenvalue weighted by atomic mass is 19.1. The molecule has 1 amide bonds. The quantitative estimate of drug-likeness (QED) is 0.557. The van der Waals surface area contributed by atoms with E-state index in [1.807, 2.05) is 0 Å². The number of benzene rings is 1. The number of aromatic nitrogens is 1. The van der Waals surface area contributed by atoms with Crippen LogP contribution in [0.3, 0.4) is 0 Å². The summed E-state index contributed by atoms with van der Waals surface area (Å²) in [5.74, 6) is -1.38. The topological polar surface area (TPSA) is 88.2 Å². The van der Waals surface area contributed by atoms with Crippen LogP contribution in [0.2, 0.25) is 0 Å². The van der Waals surface area contributed by atoms with E-state index >= 15 is 0 Å². The summed E-state index contributed by atoms with van der Waals surface area (Å²) < 4.78 is 13.3. The minimum Gasteiger partial charge on any atom is -0.506 e. The summed E-state index contributed by atoms with van der Waals surface area (Å²) in [6, 6.07) is 5.38. The molecule has 0 spiro atoms. The fourth-order valence-electron chi connectivity index (χ4n) is 1.36. The molecule has 92 valence electrons. The summed E-state index contributed by atoms with van der Waals surface area (Å²) in [6.45, 7) is 0. The minimum absolute atomic E-state index is 0.0197. The van der Waals surface area contributed by atoms with Crippen LogP contribution in [0.15, 0.2) is 36.7 Å². The van der Waals surface area contributed by atoms with Gasteiger partial charge in [0.2, 0.25) is 0 Å². The number of pyridine rings is 1. The van der Waals surface area contributed by atoms with Crippen molar-refractivity contribution in [1.29, 1.82) is 0 Å². The van der Waals surface area contributed by atoms with Crippen LogP contribution >= 0.6 is 0 Å². The van der Waals surface area contributed by atoms with Gasteiger partial charge in [-0.25, -0.2) is 4.39 Å². The van der Waals surface area contributed by atoms with E-state index in [1.165, 1.54) is 30.5 Å². The van der Waals surface area contributed by atoms with E-state index in [2.05, 4.69) is 10.3 Å². The van der Waals surface area contributed by atoms with Crippen molar-refractivity contribution in [1.82, 2.24) is 4.98 Å². The third kappa shape index (κ3) is 2.37. The van der Waals surface area contributed by atoms with Crippen molar-refractivity contribution in [3.8, 4) is 5.75 Å². The Labute approximate surface area is 102 Å². The molecule has 0 saturated heterocycles. The Morgan fingerprint density at radius 1 is 1.39 bits per heavy atom. The Balaban J connectivity index is 2.22. The van der Waals surface area contributed by atoms with Crippen molar-refractivity contribution in [3.05, 3.63) is 48.0 Å². The molecule has 0 fully saturated rings. The summed E-state index contributed by atoms with van der Waals surface area (Å²) >= 11 is 0. The van der Waals surface area contributed by atoms with E-state index in [-0.39, 0.29) is 22.7 Å². The van der Waals surface area contributed by atoms with E-state index in [0.717, 1.165) is 6.20 Å². The molecule has 4 N–H and O–H groups in total. The molecule has 0 aliphatic carbocycles. The first-order valence-electron chi connectivity index (χ1n) is 5.07. The van der Waals surface area contributed by atoms with E-state index in [9.17, 15) is 14.3 Å². The Kier molecular flexibility index (Phi) is 3.09. The number of rotatable bonds is 2. The van der Waals surface area contributed by atoms with E-state index in [4.69, 9.17) is 5.73 Å². The van der Waals surface area contributed by atoms with Crippen molar-refractivity contribution in [2.75, 3.05) is 11.1 Å². The highest BCUT2D eigenvalue weighted by Gasteiger charge is 2.10. The molecule has 2 aromatic rings. The third-order valence-electron chi connectivity index (χ3n) is 2.31. The van der Waals surface area contributed by atoms with Gasteiger partial charge in [0.05, 0.1) is 17.6 Å². The molecule has 1 aromatic carbocycles. The smallest absolute Gasteiger partial charge is 0.255 e. The van der Waals surface area contributed by atoms with Gasteiger partial charge in [0.1, 0.15) is 5.75 Å². The largest absolute Gasteiger partial charge is 0.506 e. The molecule has 0 radical (unpaired) electrons. The van der Waals surface area contributed by atoms with Crippen LogP contribution in [-0.2, 0) is 0 Å². The standard InChI is InChI=1S/C12H10FN3O2/c13-8-6-15-4-3-10(8)16-12(18)7-1-2-9(14)11(17)5-7/h1-6,17H,14H2,(H,15,16,18). The molecule has 1 heterocycles. The molecule has 18 heavy (non-hydrogen) atoms. The summed E-state index contributed by atoms with van der Waals surface area (Å²) in [6.07, 6.45) is 2.36. The van der Waals surface area contributed by atoms with Gasteiger partial charge >= 0.3 is 0 Å². The number of amides is 1. The highest BCUT2D eigenvalue weighted by molar-refractivity contribution is 6.04. The summed E-state index contributed by atoms with van der Waals surface area (Å²) in [5, 5.41) is 11.7. The lowest BCUT2D eigenvalue weighted by molar-refractivity contribution is 0.102. The van der Waals surface area contributed by atoms with Gasteiger partial charge in [0.25, 0.3) is 5.91 Å². The monoisotopic (exact) mass is 247 g/mol. The summed E-state index contributed by atoms with van der Waals surface area (Å²) in [5.41, 5.74) is 5.78. The molecule has 0 saturated carbocycles. The first kappa shape index (κ1) is 11.8. The van der Waals surface area contributed by atoms with Gasteiger partial charge in [-0.1, -0.05) is 0 Å². The Morgan fingerprint density at radius 3 is 2.83 bits per heavy atom. The molecule has 0 atom stereocenters. The normalized spacial score (nSPS) is 10.1. The molecule has 5 nitrogen and oxygen atoms in total. The van der Waals surface area contributed by atoms with Gasteiger partial charge in [-0.05, 0) is 24.3 Å². The van der Waals surface area contributed by atoms with Gasteiger partial charge in [-0.2, -0.15) is 0 Å². The van der Waals surface area contributed by atoms with Crippen molar-refractivity contribution in [2.24, 2.45) is 0 Å². The van der Waals surface area contributed by atoms with Crippen molar-refractivity contribution in [3.63, 3.8) is 0 Å². The van der Waals surface area contributed by atoms with Gasteiger partial charge in [-0.15, -0.1) is 0 Å². The molecule has 2 rings (SSSR count). The number of carbonyl (C=O) groups is 1. The second kappa shape index (κ2) is 4.70. The maximum Gasteiger partial charge on any atom is 0.255 e. The first-order valence-corrected chi connectivity index (χ1v) is 5.07. The lowest BCUT2D eigenvalue weighted by atomic mass is 10.1. The van der Waals surface area contributed by atoms with Crippen molar-refractivity contribution in [2.45, 2.75) is 0 Å². The zero-order valence-electron chi connectivity index (χ0n) is 9.22. The van der Waals surface area contributed by atoms with Crippen LogP contribution in [0.1, 0.15) is 10.4 Å². The van der Waals surface area contributed by atoms with Crippen LogP contribution in [-0.4, -0.2) is 16.0 Å². The first-order chi connectivity index (χ1) is 8.58. The van der Waals surface area contributed by atoms with Crippen LogP contribution in [0.4, 0.5) is 15.8 Å². The number of hydrogen-bond donors (Lipinski definition) is 3. The maximum atomic E-state index is 13.3. The molecule has 0 aliphatic rings. The SMILES string of the molecule is Nc1ccc(C(=O)Nc2ccncc2F)cc1O. The number of nitrogens with two attached hydrogens (primary N) is 1. The van der Waals surface area contributed by atoms with Gasteiger partial charge in [0.15, 0.2) is 5.82 Å². The van der Waals surface area contributed by atoms with Gasteiger partial charge < -0.3 is 16.2 Å². The maximum absolute atomic E-state index is 13.3. The summed E-state index contributed by atoms with van der Waals surface area (Å²) in [4.78, 5) is 15.3. The number of phenols is 1. The minimum atomic E-state index is -0.634. The number of nitrogen functional groups attached to an aromatic ring is 1. The lowest BCUT2D eigenvalue weighted by Gasteiger charge is -2.06. The fraction of sp³-hybridized carbons (Fsp3) is 0. The lowest BCUT2D eigenvalue weighted by Crippen LogP contribution is -2.13. The Hall–Kier alpha value is -2.63. The van der Waals surface area contributed by atoms with Gasteiger partial charge in [0, 0.05) is 11.8 Å². The molecular weight excluding hydrogens is 237 g/mol. The Bertz CT molecular complexity index is 602. The second-order valence-corrected chi connectivity index (χ2v) is 3.58. The van der Waals surface area contributed by atoms with Crippen molar-refractivity contribution >= 4 is 17.3 Å². The van der Waals surface area contributed by atoms with Gasteiger partial charge in [-0.3, -0.25) is 9.78 Å². The zero-order valence-corrected chi connectivity index (χ0v) is 9.22. The highest BCUT2D eigenvalue weighted by Crippen LogP contribution is 2.21.